The molecule has 170 valence electrons. The van der Waals surface area contributed by atoms with Gasteiger partial charge in [0.1, 0.15) is 11.9 Å². The summed E-state index contributed by atoms with van der Waals surface area (Å²) < 4.78 is 6.01. The predicted molar refractivity (Wildman–Crippen MR) is 120 cm³/mol. The van der Waals surface area contributed by atoms with Crippen LogP contribution in [0, 0.1) is 34.5 Å². The van der Waals surface area contributed by atoms with Crippen molar-refractivity contribution in [2.45, 2.75) is 63.9 Å². The van der Waals surface area contributed by atoms with Crippen LogP contribution in [0.5, 0.6) is 5.75 Å². The van der Waals surface area contributed by atoms with Gasteiger partial charge in [-0.3, -0.25) is 9.59 Å². The second kappa shape index (κ2) is 8.77. The number of hydrogen-bond acceptors (Lipinski definition) is 4. The van der Waals surface area contributed by atoms with Gasteiger partial charge in [0.05, 0.1) is 11.6 Å². The van der Waals surface area contributed by atoms with Crippen LogP contribution in [0.2, 0.25) is 0 Å². The van der Waals surface area contributed by atoms with E-state index in [1.54, 1.807) is 12.1 Å². The Bertz CT molecular complexity index is 878. The maximum Gasteiger partial charge on any atom is 0.226 e. The Hall–Kier alpha value is -2.55. The van der Waals surface area contributed by atoms with E-state index in [1.807, 2.05) is 17.0 Å². The van der Waals surface area contributed by atoms with Gasteiger partial charge in [0.15, 0.2) is 0 Å². The molecule has 5 fully saturated rings. The number of hydrogen-bond donors (Lipinski definition) is 1. The molecule has 5 aliphatic rings. The van der Waals surface area contributed by atoms with Gasteiger partial charge in [0.25, 0.3) is 0 Å². The van der Waals surface area contributed by atoms with Gasteiger partial charge in [0.2, 0.25) is 11.8 Å². The fourth-order valence-corrected chi connectivity index (χ4v) is 7.07. The first-order chi connectivity index (χ1) is 15.5. The molecule has 2 amide bonds. The number of likely N-dealkylation sites (tertiary alicyclic amines) is 1. The van der Waals surface area contributed by atoms with Crippen molar-refractivity contribution in [3.8, 4) is 11.8 Å². The summed E-state index contributed by atoms with van der Waals surface area (Å²) in [6, 6.07) is 9.33. The zero-order valence-electron chi connectivity index (χ0n) is 18.7. The molecule has 1 saturated heterocycles. The molecule has 32 heavy (non-hydrogen) atoms. The molecule has 6 nitrogen and oxygen atoms in total. The summed E-state index contributed by atoms with van der Waals surface area (Å²) in [6.07, 6.45) is 9.15. The Kier molecular flexibility index (Phi) is 5.84. The molecule has 6 rings (SSSR count). The fraction of sp³-hybridized carbons (Fsp3) is 0.654. The van der Waals surface area contributed by atoms with Gasteiger partial charge >= 0.3 is 0 Å². The molecule has 1 aromatic rings. The normalized spacial score (nSPS) is 31.2. The van der Waals surface area contributed by atoms with Crippen molar-refractivity contribution in [2.75, 3.05) is 19.6 Å². The molecule has 0 atom stereocenters. The van der Waals surface area contributed by atoms with Crippen molar-refractivity contribution in [3.05, 3.63) is 29.8 Å². The van der Waals surface area contributed by atoms with Crippen LogP contribution in [-0.2, 0) is 9.59 Å². The Labute approximate surface area is 190 Å². The topological polar surface area (TPSA) is 82.4 Å². The summed E-state index contributed by atoms with van der Waals surface area (Å²) in [4.78, 5) is 27.6. The van der Waals surface area contributed by atoms with E-state index in [0.717, 1.165) is 49.9 Å². The second-order valence-electron chi connectivity index (χ2n) is 10.5. The average Bonchev–Trinajstić information content (AvgIpc) is 2.78. The summed E-state index contributed by atoms with van der Waals surface area (Å²) in [7, 11) is 0. The first-order valence-electron chi connectivity index (χ1n) is 12.3. The molecule has 1 aromatic carbocycles. The van der Waals surface area contributed by atoms with Crippen LogP contribution < -0.4 is 10.1 Å². The van der Waals surface area contributed by atoms with Crippen molar-refractivity contribution < 1.29 is 14.3 Å². The minimum absolute atomic E-state index is 0.0591. The predicted octanol–water partition coefficient (Wildman–Crippen LogP) is 3.65. The molecule has 0 unspecified atom stereocenters. The van der Waals surface area contributed by atoms with Crippen molar-refractivity contribution in [3.63, 3.8) is 0 Å². The molecule has 0 spiro atoms. The molecule has 1 heterocycles. The van der Waals surface area contributed by atoms with Crippen molar-refractivity contribution in [2.24, 2.45) is 23.2 Å². The standard InChI is InChI=1S/C26H33N3O3/c27-17-18-2-1-3-23(13-18)32-22-5-8-29(9-6-22)24(30)4-7-28-25(31)26-14-19-10-20(15-26)12-21(11-19)16-26/h1-3,13,19-22H,4-12,14-16H2,(H,28,31). The van der Waals surface area contributed by atoms with E-state index < -0.39 is 0 Å². The van der Waals surface area contributed by atoms with E-state index in [9.17, 15) is 9.59 Å². The lowest BCUT2D eigenvalue weighted by Gasteiger charge is -2.55. The van der Waals surface area contributed by atoms with E-state index >= 15 is 0 Å². The molecular weight excluding hydrogens is 402 g/mol. The van der Waals surface area contributed by atoms with Gasteiger partial charge in [-0.25, -0.2) is 0 Å². The average molecular weight is 436 g/mol. The maximum atomic E-state index is 13.0. The summed E-state index contributed by atoms with van der Waals surface area (Å²) in [5.41, 5.74) is 0.446. The van der Waals surface area contributed by atoms with Crippen LogP contribution in [0.3, 0.4) is 0 Å². The van der Waals surface area contributed by atoms with E-state index in [-0.39, 0.29) is 23.3 Å². The molecule has 6 heteroatoms. The first kappa shape index (κ1) is 21.3. The monoisotopic (exact) mass is 435 g/mol. The lowest BCUT2D eigenvalue weighted by Crippen LogP contribution is -2.54. The van der Waals surface area contributed by atoms with Crippen molar-refractivity contribution in [1.29, 1.82) is 5.26 Å². The van der Waals surface area contributed by atoms with Gasteiger partial charge < -0.3 is 15.0 Å². The van der Waals surface area contributed by atoms with E-state index in [2.05, 4.69) is 11.4 Å². The minimum atomic E-state index is -0.143. The van der Waals surface area contributed by atoms with E-state index in [4.69, 9.17) is 10.00 Å². The van der Waals surface area contributed by atoms with Crippen LogP contribution in [0.4, 0.5) is 0 Å². The molecule has 4 saturated carbocycles. The number of piperidine rings is 1. The van der Waals surface area contributed by atoms with Gasteiger partial charge in [-0.2, -0.15) is 5.26 Å². The number of rotatable bonds is 6. The number of amides is 2. The van der Waals surface area contributed by atoms with Crippen LogP contribution in [-0.4, -0.2) is 42.5 Å². The van der Waals surface area contributed by atoms with Gasteiger partial charge in [0, 0.05) is 44.3 Å². The van der Waals surface area contributed by atoms with E-state index in [0.29, 0.717) is 37.4 Å². The number of benzene rings is 1. The maximum absolute atomic E-state index is 13.0. The molecule has 4 bridgehead atoms. The third-order valence-electron chi connectivity index (χ3n) is 8.20. The Morgan fingerprint density at radius 2 is 1.75 bits per heavy atom. The van der Waals surface area contributed by atoms with E-state index in [1.165, 1.54) is 19.3 Å². The largest absolute Gasteiger partial charge is 0.490 e. The lowest BCUT2D eigenvalue weighted by molar-refractivity contribution is -0.146. The van der Waals surface area contributed by atoms with Gasteiger partial charge in [-0.15, -0.1) is 0 Å². The number of nitriles is 1. The highest BCUT2D eigenvalue weighted by molar-refractivity contribution is 5.84. The van der Waals surface area contributed by atoms with Gasteiger partial charge in [-0.05, 0) is 74.5 Å². The van der Waals surface area contributed by atoms with Crippen LogP contribution in [0.1, 0.15) is 63.4 Å². The number of ether oxygens (including phenoxy) is 1. The SMILES string of the molecule is N#Cc1cccc(OC2CCN(C(=O)CCNC(=O)C34CC5CC(CC(C5)C3)C4)CC2)c1. The molecule has 0 aromatic heterocycles. The Morgan fingerprint density at radius 1 is 1.09 bits per heavy atom. The zero-order chi connectivity index (χ0) is 22.1. The minimum Gasteiger partial charge on any atom is -0.490 e. The molecular formula is C26H33N3O3. The second-order valence-corrected chi connectivity index (χ2v) is 10.5. The lowest BCUT2D eigenvalue weighted by atomic mass is 9.49. The zero-order valence-corrected chi connectivity index (χ0v) is 18.7. The molecule has 1 N–H and O–H groups in total. The van der Waals surface area contributed by atoms with Crippen LogP contribution in [0.15, 0.2) is 24.3 Å². The summed E-state index contributed by atoms with van der Waals surface area (Å²) in [6.45, 7) is 1.78. The van der Waals surface area contributed by atoms with Crippen molar-refractivity contribution in [1.82, 2.24) is 10.2 Å². The highest BCUT2D eigenvalue weighted by Crippen LogP contribution is 2.60. The third kappa shape index (κ3) is 4.35. The van der Waals surface area contributed by atoms with Gasteiger partial charge in [-0.1, -0.05) is 6.07 Å². The number of carbonyl (C=O) groups is 2. The first-order valence-corrected chi connectivity index (χ1v) is 12.3. The molecule has 1 aliphatic heterocycles. The summed E-state index contributed by atoms with van der Waals surface area (Å²) in [5.74, 6) is 3.27. The third-order valence-corrected chi connectivity index (χ3v) is 8.20. The number of nitrogens with zero attached hydrogens (tertiary/aromatic N) is 2. The smallest absolute Gasteiger partial charge is 0.226 e. The highest BCUT2D eigenvalue weighted by atomic mass is 16.5. The van der Waals surface area contributed by atoms with Crippen molar-refractivity contribution >= 4 is 11.8 Å². The van der Waals surface area contributed by atoms with Crippen LogP contribution >= 0.6 is 0 Å². The number of nitrogens with one attached hydrogen (secondary N) is 1. The fourth-order valence-electron chi connectivity index (χ4n) is 7.07. The molecule has 0 radical (unpaired) electrons. The number of carbonyl (C=O) groups excluding carboxylic acids is 2. The Balaban J connectivity index is 1.05. The molecule has 4 aliphatic carbocycles. The highest BCUT2D eigenvalue weighted by Gasteiger charge is 2.54. The van der Waals surface area contributed by atoms with Crippen LogP contribution in [0.25, 0.3) is 0 Å². The summed E-state index contributed by atoms with van der Waals surface area (Å²) >= 11 is 0. The Morgan fingerprint density at radius 3 is 2.38 bits per heavy atom. The summed E-state index contributed by atoms with van der Waals surface area (Å²) in [5, 5.41) is 12.1. The quantitative estimate of drug-likeness (QED) is 0.739.